The molecule has 106 valence electrons. The van der Waals surface area contributed by atoms with Gasteiger partial charge in [-0.05, 0) is 42.1 Å². The third kappa shape index (κ3) is 3.09. The number of ether oxygens (including phenoxy) is 1. The Labute approximate surface area is 132 Å². The van der Waals surface area contributed by atoms with Crippen molar-refractivity contribution in [3.63, 3.8) is 0 Å². The van der Waals surface area contributed by atoms with E-state index in [1.165, 1.54) is 5.39 Å². The largest absolute Gasteiger partial charge is 0.456 e. The Morgan fingerprint density at radius 1 is 0.905 bits per heavy atom. The lowest BCUT2D eigenvalue weighted by atomic mass is 10.1. The molecule has 0 atom stereocenters. The first-order valence-electron chi connectivity index (χ1n) is 6.92. The van der Waals surface area contributed by atoms with Crippen LogP contribution in [0.2, 0.25) is 0 Å². The number of fused-ring (bicyclic) bond motifs is 1. The number of nitrogens with two attached hydrogens (primary N) is 1. The lowest BCUT2D eigenvalue weighted by Gasteiger charge is -2.13. The molecule has 0 fully saturated rings. The Hall–Kier alpha value is -1.84. The topological polar surface area (TPSA) is 35.2 Å². The van der Waals surface area contributed by atoms with Gasteiger partial charge in [-0.1, -0.05) is 58.4 Å². The third-order valence-electron chi connectivity index (χ3n) is 3.41. The van der Waals surface area contributed by atoms with E-state index in [4.69, 9.17) is 10.5 Å². The first kappa shape index (κ1) is 14.1. The van der Waals surface area contributed by atoms with E-state index in [1.54, 1.807) is 0 Å². The zero-order chi connectivity index (χ0) is 14.7. The normalized spacial score (nSPS) is 10.8. The molecule has 21 heavy (non-hydrogen) atoms. The van der Waals surface area contributed by atoms with Crippen LogP contribution in [0.25, 0.3) is 10.8 Å². The van der Waals surface area contributed by atoms with Gasteiger partial charge in [-0.2, -0.15) is 0 Å². The van der Waals surface area contributed by atoms with Gasteiger partial charge >= 0.3 is 0 Å². The highest BCUT2D eigenvalue weighted by Crippen LogP contribution is 2.33. The molecule has 0 heterocycles. The summed E-state index contributed by atoms with van der Waals surface area (Å²) in [6, 6.07) is 20.4. The Balaban J connectivity index is 2.04. The number of halogens is 1. The van der Waals surface area contributed by atoms with Crippen molar-refractivity contribution in [2.45, 2.75) is 6.42 Å². The molecule has 0 amide bonds. The number of benzene rings is 3. The van der Waals surface area contributed by atoms with Gasteiger partial charge in [0.05, 0.1) is 0 Å². The van der Waals surface area contributed by atoms with Crippen LogP contribution in [-0.2, 0) is 6.42 Å². The van der Waals surface area contributed by atoms with Gasteiger partial charge in [0.2, 0.25) is 0 Å². The molecular formula is C18H16BrNO. The predicted molar refractivity (Wildman–Crippen MR) is 90.9 cm³/mol. The monoisotopic (exact) mass is 341 g/mol. The van der Waals surface area contributed by atoms with E-state index < -0.39 is 0 Å². The summed E-state index contributed by atoms with van der Waals surface area (Å²) in [5.74, 6) is 1.72. The molecule has 0 aliphatic carbocycles. The van der Waals surface area contributed by atoms with Crippen LogP contribution in [0.15, 0.2) is 65.1 Å². The minimum Gasteiger partial charge on any atom is -0.456 e. The molecule has 3 heteroatoms. The maximum absolute atomic E-state index is 6.17. The van der Waals surface area contributed by atoms with Crippen LogP contribution in [0, 0.1) is 0 Å². The maximum Gasteiger partial charge on any atom is 0.135 e. The summed E-state index contributed by atoms with van der Waals surface area (Å²) >= 11 is 3.50. The van der Waals surface area contributed by atoms with E-state index >= 15 is 0 Å². The van der Waals surface area contributed by atoms with E-state index in [2.05, 4.69) is 40.2 Å². The minimum absolute atomic E-state index is 0.605. The fourth-order valence-corrected chi connectivity index (χ4v) is 2.73. The quantitative estimate of drug-likeness (QED) is 0.732. The van der Waals surface area contributed by atoms with Crippen LogP contribution in [-0.4, -0.2) is 6.54 Å². The predicted octanol–water partition coefficient (Wildman–Crippen LogP) is 4.90. The second kappa shape index (κ2) is 6.29. The molecule has 2 N–H and O–H groups in total. The Morgan fingerprint density at radius 2 is 1.71 bits per heavy atom. The van der Waals surface area contributed by atoms with Crippen LogP contribution in [0.4, 0.5) is 0 Å². The van der Waals surface area contributed by atoms with Gasteiger partial charge in [-0.15, -0.1) is 0 Å². The van der Waals surface area contributed by atoms with Crippen molar-refractivity contribution in [3.05, 3.63) is 70.7 Å². The second-order valence-electron chi connectivity index (χ2n) is 4.87. The molecule has 0 spiro atoms. The first-order chi connectivity index (χ1) is 10.3. The van der Waals surface area contributed by atoms with Gasteiger partial charge in [0.15, 0.2) is 0 Å². The SMILES string of the molecule is NCCc1ccc(Br)cc1Oc1cccc2ccccc12. The van der Waals surface area contributed by atoms with E-state index in [-0.39, 0.29) is 0 Å². The fourth-order valence-electron chi connectivity index (χ4n) is 2.39. The highest BCUT2D eigenvalue weighted by molar-refractivity contribution is 9.10. The Morgan fingerprint density at radius 3 is 2.57 bits per heavy atom. The maximum atomic E-state index is 6.17. The average Bonchev–Trinajstić information content (AvgIpc) is 2.50. The summed E-state index contributed by atoms with van der Waals surface area (Å²) < 4.78 is 7.17. The molecule has 0 aliphatic heterocycles. The Bertz CT molecular complexity index is 765. The highest BCUT2D eigenvalue weighted by atomic mass is 79.9. The van der Waals surface area contributed by atoms with Crippen molar-refractivity contribution in [2.75, 3.05) is 6.54 Å². The van der Waals surface area contributed by atoms with E-state index in [9.17, 15) is 0 Å². The molecule has 0 aliphatic rings. The van der Waals surface area contributed by atoms with Gasteiger partial charge in [-0.25, -0.2) is 0 Å². The molecule has 3 aromatic carbocycles. The van der Waals surface area contributed by atoms with Crippen molar-refractivity contribution < 1.29 is 4.74 Å². The van der Waals surface area contributed by atoms with Crippen LogP contribution >= 0.6 is 15.9 Å². The summed E-state index contributed by atoms with van der Waals surface area (Å²) in [5.41, 5.74) is 6.80. The average molecular weight is 342 g/mol. The number of hydrogen-bond acceptors (Lipinski definition) is 2. The fraction of sp³-hybridized carbons (Fsp3) is 0.111. The summed E-state index contributed by atoms with van der Waals surface area (Å²) in [6.07, 6.45) is 0.799. The van der Waals surface area contributed by atoms with Gasteiger partial charge in [-0.3, -0.25) is 0 Å². The molecule has 0 saturated heterocycles. The molecule has 0 radical (unpaired) electrons. The summed E-state index contributed by atoms with van der Waals surface area (Å²) in [6.45, 7) is 0.605. The molecule has 3 rings (SSSR count). The molecule has 0 unspecified atom stereocenters. The minimum atomic E-state index is 0.605. The number of rotatable bonds is 4. The van der Waals surface area contributed by atoms with Crippen LogP contribution < -0.4 is 10.5 Å². The first-order valence-corrected chi connectivity index (χ1v) is 7.71. The lowest BCUT2D eigenvalue weighted by molar-refractivity contribution is 0.481. The Kier molecular flexibility index (Phi) is 4.23. The van der Waals surface area contributed by atoms with Crippen LogP contribution in [0.3, 0.4) is 0 Å². The molecule has 3 aromatic rings. The van der Waals surface area contributed by atoms with E-state index in [0.717, 1.165) is 33.3 Å². The zero-order valence-corrected chi connectivity index (χ0v) is 13.1. The molecule has 0 saturated carbocycles. The zero-order valence-electron chi connectivity index (χ0n) is 11.6. The van der Waals surface area contributed by atoms with E-state index in [1.807, 2.05) is 36.4 Å². The molecule has 2 nitrogen and oxygen atoms in total. The number of hydrogen-bond donors (Lipinski definition) is 1. The molecule has 0 bridgehead atoms. The summed E-state index contributed by atoms with van der Waals surface area (Å²) in [7, 11) is 0. The van der Waals surface area contributed by atoms with Crippen molar-refractivity contribution in [1.29, 1.82) is 0 Å². The van der Waals surface area contributed by atoms with Crippen LogP contribution in [0.5, 0.6) is 11.5 Å². The second-order valence-corrected chi connectivity index (χ2v) is 5.79. The molecule has 0 aromatic heterocycles. The van der Waals surface area contributed by atoms with Crippen molar-refractivity contribution >= 4 is 26.7 Å². The lowest BCUT2D eigenvalue weighted by Crippen LogP contribution is -2.04. The van der Waals surface area contributed by atoms with Crippen LogP contribution in [0.1, 0.15) is 5.56 Å². The van der Waals surface area contributed by atoms with Crippen molar-refractivity contribution in [3.8, 4) is 11.5 Å². The van der Waals surface area contributed by atoms with Gasteiger partial charge in [0, 0.05) is 9.86 Å². The van der Waals surface area contributed by atoms with Gasteiger partial charge in [0.25, 0.3) is 0 Å². The highest BCUT2D eigenvalue weighted by Gasteiger charge is 2.08. The standard InChI is InChI=1S/C18H16BrNO/c19-15-9-8-14(10-11-20)18(12-15)21-17-7-3-5-13-4-1-2-6-16(13)17/h1-9,12H,10-11,20H2. The molecular weight excluding hydrogens is 326 g/mol. The third-order valence-corrected chi connectivity index (χ3v) is 3.91. The summed E-state index contributed by atoms with van der Waals surface area (Å²) in [4.78, 5) is 0. The van der Waals surface area contributed by atoms with Gasteiger partial charge in [0.1, 0.15) is 11.5 Å². The van der Waals surface area contributed by atoms with Crippen molar-refractivity contribution in [2.24, 2.45) is 5.73 Å². The van der Waals surface area contributed by atoms with E-state index in [0.29, 0.717) is 6.54 Å². The van der Waals surface area contributed by atoms with Gasteiger partial charge < -0.3 is 10.5 Å². The summed E-state index contributed by atoms with van der Waals surface area (Å²) in [5, 5.41) is 2.28. The smallest absolute Gasteiger partial charge is 0.135 e. The van der Waals surface area contributed by atoms with Crippen molar-refractivity contribution in [1.82, 2.24) is 0 Å².